The maximum atomic E-state index is 12.4. The molecule has 1 rings (SSSR count). The van der Waals surface area contributed by atoms with Crippen molar-refractivity contribution in [1.29, 1.82) is 0 Å². The van der Waals surface area contributed by atoms with Crippen molar-refractivity contribution in [3.05, 3.63) is 0 Å². The second-order valence-electron chi connectivity index (χ2n) is 9.32. The lowest BCUT2D eigenvalue weighted by atomic mass is 10.2. The normalized spacial score (nSPS) is 18.8. The minimum Gasteiger partial charge on any atom is -0.518 e. The summed E-state index contributed by atoms with van der Waals surface area (Å²) in [7, 11) is -2.24. The Morgan fingerprint density at radius 2 is 1.77 bits per heavy atom. The summed E-state index contributed by atoms with van der Waals surface area (Å²) in [6.07, 6.45) is 4.98. The van der Waals surface area contributed by atoms with Crippen LogP contribution in [0.25, 0.3) is 0 Å². The number of carbonyl (C=O) groups is 1. The third kappa shape index (κ3) is 7.06. The van der Waals surface area contributed by atoms with Crippen LogP contribution < -0.4 is 0 Å². The highest BCUT2D eigenvalue weighted by molar-refractivity contribution is 6.79. The summed E-state index contributed by atoms with van der Waals surface area (Å²) in [5, 5.41) is -0.00150. The molecule has 0 bridgehead atoms. The van der Waals surface area contributed by atoms with Crippen molar-refractivity contribution in [2.45, 2.75) is 103 Å². The van der Waals surface area contributed by atoms with E-state index in [1.807, 2.05) is 0 Å². The highest BCUT2D eigenvalue weighted by Gasteiger charge is 2.53. The molecule has 4 nitrogen and oxygen atoms in total. The molecule has 1 aliphatic heterocycles. The Morgan fingerprint density at radius 1 is 1.12 bits per heavy atom. The molecule has 0 aromatic carbocycles. The second-order valence-corrected chi connectivity index (χ2v) is 14.6. The topological polar surface area (TPSA) is 44.8 Å². The molecule has 0 radical (unpaired) electrons. The van der Waals surface area contributed by atoms with Crippen molar-refractivity contribution in [3.63, 3.8) is 0 Å². The fourth-order valence-corrected chi connectivity index (χ4v) is 6.57. The van der Waals surface area contributed by atoms with Crippen molar-refractivity contribution in [2.24, 2.45) is 0 Å². The van der Waals surface area contributed by atoms with Gasteiger partial charge in [0.2, 0.25) is 0 Å². The zero-order valence-corrected chi connectivity index (χ0v) is 18.9. The van der Waals surface area contributed by atoms with Gasteiger partial charge in [-0.25, -0.2) is 0 Å². The van der Waals surface area contributed by atoms with E-state index in [4.69, 9.17) is 13.9 Å². The predicted octanol–water partition coefficient (Wildman–Crippen LogP) is 5.42. The van der Waals surface area contributed by atoms with Crippen LogP contribution in [0.2, 0.25) is 16.6 Å². The Labute approximate surface area is 161 Å². The number of ether oxygens (including phenoxy) is 2. The zero-order chi connectivity index (χ0) is 19.8. The molecule has 0 amide bonds. The molecule has 0 saturated carbocycles. The third-order valence-corrected chi connectivity index (χ3v) is 11.8. The van der Waals surface area contributed by atoms with Crippen molar-refractivity contribution < 1.29 is 18.7 Å². The molecule has 1 saturated heterocycles. The standard InChI is InChI=1S/C21H38O4Si/c1-20(2,3)26(7,21(4,5)6)25-18(22)14-10-8-9-12-16-23-19-15-11-13-17-24-19/h19H,8,10-11,13-17H2,1-7H3. The van der Waals surface area contributed by atoms with Gasteiger partial charge in [0.15, 0.2) is 6.29 Å². The molecule has 26 heavy (non-hydrogen) atoms. The van der Waals surface area contributed by atoms with Crippen LogP contribution in [0.15, 0.2) is 0 Å². The molecule has 1 atom stereocenters. The Bertz CT molecular complexity index is 485. The zero-order valence-electron chi connectivity index (χ0n) is 17.9. The fourth-order valence-electron chi connectivity index (χ4n) is 3.15. The molecule has 0 spiro atoms. The van der Waals surface area contributed by atoms with Crippen LogP contribution in [0, 0.1) is 11.8 Å². The van der Waals surface area contributed by atoms with Gasteiger partial charge in [0.05, 0.1) is 0 Å². The van der Waals surface area contributed by atoms with Crippen molar-refractivity contribution in [2.75, 3.05) is 13.2 Å². The molecular formula is C21H38O4Si. The Balaban J connectivity index is 2.32. The summed E-state index contributed by atoms with van der Waals surface area (Å²) in [6, 6.07) is 0. The van der Waals surface area contributed by atoms with Gasteiger partial charge in [-0.1, -0.05) is 47.5 Å². The van der Waals surface area contributed by atoms with Gasteiger partial charge in [-0.2, -0.15) is 0 Å². The first-order chi connectivity index (χ1) is 12.0. The minimum atomic E-state index is -2.24. The number of unbranched alkanes of at least 4 members (excludes halogenated alkanes) is 1. The van der Waals surface area contributed by atoms with Gasteiger partial charge in [0.25, 0.3) is 14.3 Å². The first kappa shape index (κ1) is 23.2. The predicted molar refractivity (Wildman–Crippen MR) is 108 cm³/mol. The van der Waals surface area contributed by atoms with Crippen LogP contribution in [0.4, 0.5) is 0 Å². The maximum absolute atomic E-state index is 12.4. The number of rotatable bonds is 6. The van der Waals surface area contributed by atoms with Crippen LogP contribution in [0.1, 0.15) is 80.1 Å². The smallest absolute Gasteiger partial charge is 0.292 e. The molecule has 0 aliphatic carbocycles. The fraction of sp³-hybridized carbons (Fsp3) is 0.857. The molecule has 150 valence electrons. The quantitative estimate of drug-likeness (QED) is 0.349. The Hall–Kier alpha value is -0.833. The van der Waals surface area contributed by atoms with E-state index >= 15 is 0 Å². The van der Waals surface area contributed by atoms with Crippen molar-refractivity contribution in [1.82, 2.24) is 0 Å². The summed E-state index contributed by atoms with van der Waals surface area (Å²) in [5.41, 5.74) is 0. The third-order valence-electron chi connectivity index (χ3n) is 5.47. The largest absolute Gasteiger partial charge is 0.518 e. The highest BCUT2D eigenvalue weighted by Crippen LogP contribution is 2.51. The van der Waals surface area contributed by atoms with Gasteiger partial charge in [-0.05, 0) is 42.3 Å². The van der Waals surface area contributed by atoms with Crippen molar-refractivity contribution in [3.8, 4) is 11.8 Å². The summed E-state index contributed by atoms with van der Waals surface area (Å²) in [6.45, 7) is 16.4. The summed E-state index contributed by atoms with van der Waals surface area (Å²) in [4.78, 5) is 12.4. The van der Waals surface area contributed by atoms with Crippen LogP contribution in [-0.2, 0) is 18.7 Å². The lowest BCUT2D eigenvalue weighted by Gasteiger charge is -2.47. The average Bonchev–Trinajstić information content (AvgIpc) is 2.52. The first-order valence-electron chi connectivity index (χ1n) is 9.88. The lowest BCUT2D eigenvalue weighted by molar-refractivity contribution is -0.154. The van der Waals surface area contributed by atoms with E-state index in [-0.39, 0.29) is 22.3 Å². The minimum absolute atomic E-state index is 0.000750. The van der Waals surface area contributed by atoms with E-state index in [2.05, 4.69) is 59.9 Å². The molecule has 5 heteroatoms. The van der Waals surface area contributed by atoms with E-state index in [0.29, 0.717) is 19.4 Å². The van der Waals surface area contributed by atoms with Gasteiger partial charge in [0, 0.05) is 19.4 Å². The van der Waals surface area contributed by atoms with Gasteiger partial charge < -0.3 is 13.9 Å². The molecular weight excluding hydrogens is 344 g/mol. The van der Waals surface area contributed by atoms with Gasteiger partial charge >= 0.3 is 0 Å². The summed E-state index contributed by atoms with van der Waals surface area (Å²) >= 11 is 0. The van der Waals surface area contributed by atoms with E-state index in [0.717, 1.165) is 32.3 Å². The van der Waals surface area contributed by atoms with E-state index in [9.17, 15) is 4.79 Å². The SMILES string of the molecule is CC(C)(C)[Si](C)(OC(=O)CCCC#CCOC1CCCCO1)C(C)(C)C. The molecule has 0 aromatic heterocycles. The summed E-state index contributed by atoms with van der Waals surface area (Å²) < 4.78 is 17.1. The van der Waals surface area contributed by atoms with Gasteiger partial charge in [0.1, 0.15) is 6.61 Å². The molecule has 0 aromatic rings. The second kappa shape index (κ2) is 9.92. The molecule has 1 fully saturated rings. The highest BCUT2D eigenvalue weighted by atomic mass is 28.4. The average molecular weight is 383 g/mol. The number of carbonyl (C=O) groups excluding carboxylic acids is 1. The number of hydrogen-bond acceptors (Lipinski definition) is 4. The molecule has 1 heterocycles. The molecule has 0 N–H and O–H groups in total. The van der Waals surface area contributed by atoms with Gasteiger partial charge in [-0.3, -0.25) is 4.79 Å². The van der Waals surface area contributed by atoms with Crippen molar-refractivity contribution >= 4 is 14.3 Å². The van der Waals surface area contributed by atoms with Crippen LogP contribution in [-0.4, -0.2) is 33.8 Å². The maximum Gasteiger partial charge on any atom is 0.292 e. The Morgan fingerprint density at radius 3 is 2.31 bits per heavy atom. The van der Waals surface area contributed by atoms with E-state index in [1.165, 1.54) is 0 Å². The molecule has 1 aliphatic rings. The van der Waals surface area contributed by atoms with Crippen LogP contribution in [0.5, 0.6) is 0 Å². The monoisotopic (exact) mass is 382 g/mol. The Kier molecular flexibility index (Phi) is 8.85. The van der Waals surface area contributed by atoms with Crippen LogP contribution in [0.3, 0.4) is 0 Å². The lowest BCUT2D eigenvalue weighted by Crippen LogP contribution is -2.53. The molecule has 1 unspecified atom stereocenters. The van der Waals surface area contributed by atoms with Crippen LogP contribution >= 0.6 is 0 Å². The first-order valence-corrected chi connectivity index (χ1v) is 12.3. The van der Waals surface area contributed by atoms with E-state index in [1.54, 1.807) is 0 Å². The summed E-state index contributed by atoms with van der Waals surface area (Å²) in [5.74, 6) is 6.00. The number of hydrogen-bond donors (Lipinski definition) is 0. The van der Waals surface area contributed by atoms with Gasteiger partial charge in [-0.15, -0.1) is 5.92 Å². The van der Waals surface area contributed by atoms with E-state index < -0.39 is 8.32 Å².